The molecule has 0 fully saturated rings. The van der Waals surface area contributed by atoms with Gasteiger partial charge in [-0.1, -0.05) is 25.5 Å². The zero-order valence-corrected chi connectivity index (χ0v) is 9.46. The molecule has 0 saturated carbocycles. The first-order valence-corrected chi connectivity index (χ1v) is 6.39. The van der Waals surface area contributed by atoms with Gasteiger partial charge in [0.1, 0.15) is 0 Å². The third kappa shape index (κ3) is 3.79. The van der Waals surface area contributed by atoms with E-state index in [1.54, 1.807) is 24.3 Å². The molecule has 4 nitrogen and oxygen atoms in total. The second-order valence-electron chi connectivity index (χ2n) is 3.24. The zero-order chi connectivity index (χ0) is 11.3. The van der Waals surface area contributed by atoms with Crippen molar-refractivity contribution in [2.75, 3.05) is 11.5 Å². The average Bonchev–Trinajstić information content (AvgIpc) is 2.18. The molecule has 84 valence electrons. The lowest BCUT2D eigenvalue weighted by atomic mass is 10.3. The molecule has 0 amide bonds. The van der Waals surface area contributed by atoms with E-state index in [1.165, 1.54) is 0 Å². The molecule has 1 rings (SSSR count). The number of anilines is 1. The Kier molecular flexibility index (Phi) is 3.96. The number of benzene rings is 1. The molecule has 0 bridgehead atoms. The van der Waals surface area contributed by atoms with Gasteiger partial charge in [-0.3, -0.25) is 0 Å². The molecule has 5 heteroatoms. The van der Waals surface area contributed by atoms with Crippen LogP contribution in [-0.4, -0.2) is 14.2 Å². The minimum absolute atomic E-state index is 0.0256. The topological polar surface area (TPSA) is 69.4 Å². The van der Waals surface area contributed by atoms with Gasteiger partial charge in [0.15, 0.2) is 5.75 Å². The molecule has 0 atom stereocenters. The fourth-order valence-electron chi connectivity index (χ4n) is 1.06. The Hall–Kier alpha value is -1.23. The summed E-state index contributed by atoms with van der Waals surface area (Å²) < 4.78 is 27.7. The summed E-state index contributed by atoms with van der Waals surface area (Å²) >= 11 is 0. The maximum atomic E-state index is 11.4. The van der Waals surface area contributed by atoms with Crippen molar-refractivity contribution in [3.63, 3.8) is 0 Å². The molecule has 1 aromatic carbocycles. The van der Waals surface area contributed by atoms with E-state index in [0.717, 1.165) is 6.42 Å². The van der Waals surface area contributed by atoms with Gasteiger partial charge in [0, 0.05) is 0 Å². The number of hydrogen-bond acceptors (Lipinski definition) is 4. The Morgan fingerprint density at radius 1 is 1.33 bits per heavy atom. The maximum Gasteiger partial charge on any atom is 0.309 e. The van der Waals surface area contributed by atoms with Crippen LogP contribution in [0.25, 0.3) is 0 Å². The average molecular weight is 229 g/mol. The van der Waals surface area contributed by atoms with E-state index in [-0.39, 0.29) is 11.5 Å². The molecule has 0 saturated heterocycles. The molecular formula is C10H15NO3S. The first kappa shape index (κ1) is 11.8. The first-order valence-electron chi connectivity index (χ1n) is 4.82. The first-order chi connectivity index (χ1) is 7.05. The van der Waals surface area contributed by atoms with E-state index in [4.69, 9.17) is 9.92 Å². The van der Waals surface area contributed by atoms with Crippen molar-refractivity contribution in [3.8, 4) is 5.75 Å². The van der Waals surface area contributed by atoms with Crippen LogP contribution in [0, 0.1) is 0 Å². The van der Waals surface area contributed by atoms with Gasteiger partial charge in [-0.15, -0.1) is 0 Å². The van der Waals surface area contributed by atoms with E-state index in [1.807, 2.05) is 6.92 Å². The molecule has 0 aromatic heterocycles. The highest BCUT2D eigenvalue weighted by Gasteiger charge is 2.13. The highest BCUT2D eigenvalue weighted by atomic mass is 32.2. The molecule has 1 aromatic rings. The number of hydrogen-bond donors (Lipinski definition) is 1. The van der Waals surface area contributed by atoms with Crippen LogP contribution in [0.5, 0.6) is 5.75 Å². The summed E-state index contributed by atoms with van der Waals surface area (Å²) in [6.07, 6.45) is 1.40. The predicted octanol–water partition coefficient (Wildman–Crippen LogP) is 1.78. The van der Waals surface area contributed by atoms with Crippen molar-refractivity contribution in [3.05, 3.63) is 24.3 Å². The SMILES string of the molecule is CCCCS(=O)(=O)Oc1ccccc1N. The van der Waals surface area contributed by atoms with E-state index in [0.29, 0.717) is 12.1 Å². The van der Waals surface area contributed by atoms with Crippen LogP contribution in [0.4, 0.5) is 5.69 Å². The quantitative estimate of drug-likeness (QED) is 0.617. The fraction of sp³-hybridized carbons (Fsp3) is 0.400. The maximum absolute atomic E-state index is 11.4. The van der Waals surface area contributed by atoms with Crippen LogP contribution in [0.1, 0.15) is 19.8 Å². The van der Waals surface area contributed by atoms with Crippen molar-refractivity contribution in [1.29, 1.82) is 0 Å². The number of para-hydroxylation sites is 2. The molecule has 0 unspecified atom stereocenters. The predicted molar refractivity (Wildman–Crippen MR) is 60.2 cm³/mol. The van der Waals surface area contributed by atoms with Gasteiger partial charge >= 0.3 is 10.1 Å². The standard InChI is InChI=1S/C10H15NO3S/c1-2-3-8-15(12,13)14-10-7-5-4-6-9(10)11/h4-7H,2-3,8,11H2,1H3. The summed E-state index contributed by atoms with van der Waals surface area (Å²) in [5, 5.41) is 0. The summed E-state index contributed by atoms with van der Waals surface area (Å²) in [5.41, 5.74) is 5.90. The van der Waals surface area contributed by atoms with Crippen LogP contribution in [-0.2, 0) is 10.1 Å². The number of nitrogen functional groups attached to an aromatic ring is 1. The second-order valence-corrected chi connectivity index (χ2v) is 4.93. The fourth-order valence-corrected chi connectivity index (χ4v) is 2.21. The van der Waals surface area contributed by atoms with Crippen molar-refractivity contribution in [1.82, 2.24) is 0 Å². The van der Waals surface area contributed by atoms with Gasteiger partial charge in [0.25, 0.3) is 0 Å². The Morgan fingerprint density at radius 2 is 2.00 bits per heavy atom. The summed E-state index contributed by atoms with van der Waals surface area (Å²) in [4.78, 5) is 0. The minimum atomic E-state index is -3.50. The van der Waals surface area contributed by atoms with Gasteiger partial charge in [-0.25, -0.2) is 0 Å². The Balaban J connectivity index is 2.74. The summed E-state index contributed by atoms with van der Waals surface area (Å²) in [6.45, 7) is 1.92. The third-order valence-electron chi connectivity index (χ3n) is 1.88. The van der Waals surface area contributed by atoms with Gasteiger partial charge in [0.2, 0.25) is 0 Å². The Labute approximate surface area is 90.2 Å². The van der Waals surface area contributed by atoms with Crippen molar-refractivity contribution in [2.24, 2.45) is 0 Å². The molecule has 0 heterocycles. The van der Waals surface area contributed by atoms with Gasteiger partial charge in [-0.05, 0) is 18.6 Å². The molecule has 2 N–H and O–H groups in total. The van der Waals surface area contributed by atoms with Crippen molar-refractivity contribution in [2.45, 2.75) is 19.8 Å². The highest BCUT2D eigenvalue weighted by Crippen LogP contribution is 2.21. The van der Waals surface area contributed by atoms with E-state index in [9.17, 15) is 8.42 Å². The van der Waals surface area contributed by atoms with Gasteiger partial charge < -0.3 is 9.92 Å². The molecule has 0 aliphatic carbocycles. The lowest BCUT2D eigenvalue weighted by Crippen LogP contribution is -2.14. The van der Waals surface area contributed by atoms with Crippen molar-refractivity contribution < 1.29 is 12.6 Å². The summed E-state index contributed by atoms with van der Waals surface area (Å²) in [5.74, 6) is 0.228. The van der Waals surface area contributed by atoms with Crippen molar-refractivity contribution >= 4 is 15.8 Å². The lowest BCUT2D eigenvalue weighted by Gasteiger charge is -2.07. The van der Waals surface area contributed by atoms with Gasteiger partial charge in [0.05, 0.1) is 11.4 Å². The number of rotatable bonds is 5. The second kappa shape index (κ2) is 5.02. The molecule has 0 radical (unpaired) electrons. The van der Waals surface area contributed by atoms with Crippen LogP contribution in [0.3, 0.4) is 0 Å². The monoisotopic (exact) mass is 229 g/mol. The molecule has 0 aliphatic rings. The largest absolute Gasteiger partial charge is 0.396 e. The van der Waals surface area contributed by atoms with E-state index >= 15 is 0 Å². The van der Waals surface area contributed by atoms with Gasteiger partial charge in [-0.2, -0.15) is 8.42 Å². The highest BCUT2D eigenvalue weighted by molar-refractivity contribution is 7.87. The van der Waals surface area contributed by atoms with Crippen LogP contribution >= 0.6 is 0 Å². The minimum Gasteiger partial charge on any atom is -0.396 e. The lowest BCUT2D eigenvalue weighted by molar-refractivity contribution is 0.485. The molecule has 15 heavy (non-hydrogen) atoms. The Bertz CT molecular complexity index is 414. The van der Waals surface area contributed by atoms with Crippen LogP contribution in [0.15, 0.2) is 24.3 Å². The molecule has 0 spiro atoms. The van der Waals surface area contributed by atoms with Crippen LogP contribution in [0.2, 0.25) is 0 Å². The molecule has 0 aliphatic heterocycles. The number of unbranched alkanes of at least 4 members (excludes halogenated alkanes) is 1. The van der Waals surface area contributed by atoms with Crippen LogP contribution < -0.4 is 9.92 Å². The third-order valence-corrected chi connectivity index (χ3v) is 3.11. The van der Waals surface area contributed by atoms with E-state index in [2.05, 4.69) is 0 Å². The zero-order valence-electron chi connectivity index (χ0n) is 8.64. The molecular weight excluding hydrogens is 214 g/mol. The summed E-state index contributed by atoms with van der Waals surface area (Å²) in [6, 6.07) is 6.55. The number of nitrogens with two attached hydrogens (primary N) is 1. The normalized spacial score (nSPS) is 11.3. The van der Waals surface area contributed by atoms with E-state index < -0.39 is 10.1 Å². The Morgan fingerprint density at radius 3 is 2.60 bits per heavy atom. The summed E-state index contributed by atoms with van der Waals surface area (Å²) in [7, 11) is -3.50. The smallest absolute Gasteiger partial charge is 0.309 e.